The molecule has 0 aromatic heterocycles. The lowest BCUT2D eigenvalue weighted by molar-refractivity contribution is 0.329. The topological polar surface area (TPSA) is 9.23 Å². The Hall–Kier alpha value is -1.35. The molecular weight excluding hydrogens is 319 g/mol. The van der Waals surface area contributed by atoms with E-state index in [4.69, 9.17) is 4.74 Å². The summed E-state index contributed by atoms with van der Waals surface area (Å²) in [5.74, 6) is 1.10. The number of para-hydroxylation sites is 1. The van der Waals surface area contributed by atoms with E-state index >= 15 is 0 Å². The molecule has 0 saturated carbocycles. The summed E-state index contributed by atoms with van der Waals surface area (Å²) in [6, 6.07) is 11.9. The SMILES string of the molecule is Cc1cc(C(Br)C2COc3ccccc32)cc(C)c1F. The van der Waals surface area contributed by atoms with E-state index in [0.717, 1.165) is 11.3 Å². The highest BCUT2D eigenvalue weighted by Gasteiger charge is 2.31. The monoisotopic (exact) mass is 334 g/mol. The Kier molecular flexibility index (Phi) is 3.55. The quantitative estimate of drug-likeness (QED) is 0.698. The fourth-order valence-electron chi connectivity index (χ4n) is 2.80. The fraction of sp³-hybridized carbons (Fsp3) is 0.294. The third-order valence-corrected chi connectivity index (χ3v) is 5.03. The molecule has 0 bridgehead atoms. The van der Waals surface area contributed by atoms with Gasteiger partial charge in [0.15, 0.2) is 0 Å². The molecule has 2 atom stereocenters. The van der Waals surface area contributed by atoms with Crippen LogP contribution in [-0.2, 0) is 0 Å². The Morgan fingerprint density at radius 2 is 1.85 bits per heavy atom. The van der Waals surface area contributed by atoms with Crippen LogP contribution < -0.4 is 4.74 Å². The van der Waals surface area contributed by atoms with Crippen molar-refractivity contribution in [2.45, 2.75) is 24.6 Å². The highest BCUT2D eigenvalue weighted by Crippen LogP contribution is 2.45. The summed E-state index contributed by atoms with van der Waals surface area (Å²) in [5.41, 5.74) is 3.70. The lowest BCUT2D eigenvalue weighted by atomic mass is 9.92. The van der Waals surface area contributed by atoms with E-state index in [1.54, 1.807) is 0 Å². The zero-order chi connectivity index (χ0) is 14.3. The summed E-state index contributed by atoms with van der Waals surface area (Å²) in [6.07, 6.45) is 0. The minimum Gasteiger partial charge on any atom is -0.493 e. The van der Waals surface area contributed by atoms with Crippen molar-refractivity contribution in [3.05, 3.63) is 64.5 Å². The lowest BCUT2D eigenvalue weighted by Gasteiger charge is -2.18. The van der Waals surface area contributed by atoms with Crippen LogP contribution in [0.3, 0.4) is 0 Å². The van der Waals surface area contributed by atoms with Gasteiger partial charge in [-0.1, -0.05) is 46.3 Å². The van der Waals surface area contributed by atoms with Gasteiger partial charge in [0.05, 0.1) is 6.61 Å². The number of alkyl halides is 1. The number of fused-ring (bicyclic) bond motifs is 1. The summed E-state index contributed by atoms with van der Waals surface area (Å²) >= 11 is 3.77. The van der Waals surface area contributed by atoms with Crippen molar-refractivity contribution in [3.8, 4) is 5.75 Å². The molecule has 2 unspecified atom stereocenters. The second-order valence-corrected chi connectivity index (χ2v) is 6.31. The van der Waals surface area contributed by atoms with Crippen molar-refractivity contribution in [2.24, 2.45) is 0 Å². The van der Waals surface area contributed by atoms with E-state index in [0.29, 0.717) is 17.7 Å². The molecule has 1 aliphatic rings. The molecule has 0 N–H and O–H groups in total. The van der Waals surface area contributed by atoms with Crippen molar-refractivity contribution in [3.63, 3.8) is 0 Å². The molecule has 20 heavy (non-hydrogen) atoms. The number of rotatable bonds is 2. The average molecular weight is 335 g/mol. The minimum atomic E-state index is -0.114. The van der Waals surface area contributed by atoms with Gasteiger partial charge < -0.3 is 4.74 Å². The molecule has 2 aromatic carbocycles. The maximum absolute atomic E-state index is 13.8. The molecule has 3 heteroatoms. The van der Waals surface area contributed by atoms with Gasteiger partial charge in [-0.15, -0.1) is 0 Å². The third-order valence-electron chi connectivity index (χ3n) is 3.87. The van der Waals surface area contributed by atoms with Gasteiger partial charge in [-0.2, -0.15) is 0 Å². The van der Waals surface area contributed by atoms with E-state index in [9.17, 15) is 4.39 Å². The van der Waals surface area contributed by atoms with Gasteiger partial charge in [0, 0.05) is 16.3 Å². The first-order valence-corrected chi connectivity index (χ1v) is 7.62. The second kappa shape index (κ2) is 5.21. The Morgan fingerprint density at radius 1 is 1.20 bits per heavy atom. The van der Waals surface area contributed by atoms with Crippen LogP contribution in [0.15, 0.2) is 36.4 Å². The van der Waals surface area contributed by atoms with Crippen LogP contribution >= 0.6 is 15.9 Å². The number of hydrogen-bond donors (Lipinski definition) is 0. The Balaban J connectivity index is 1.96. The zero-order valence-corrected chi connectivity index (χ0v) is 13.1. The highest BCUT2D eigenvalue weighted by atomic mass is 79.9. The molecule has 0 saturated heterocycles. The van der Waals surface area contributed by atoms with Gasteiger partial charge in [0.1, 0.15) is 11.6 Å². The number of hydrogen-bond acceptors (Lipinski definition) is 1. The van der Waals surface area contributed by atoms with E-state index < -0.39 is 0 Å². The summed E-state index contributed by atoms with van der Waals surface area (Å²) in [6.45, 7) is 4.28. The molecule has 104 valence electrons. The van der Waals surface area contributed by atoms with Crippen LogP contribution in [0.5, 0.6) is 5.75 Å². The maximum Gasteiger partial charge on any atom is 0.129 e. The maximum atomic E-state index is 13.8. The molecule has 0 amide bonds. The molecule has 1 aliphatic heterocycles. The summed E-state index contributed by atoms with van der Waals surface area (Å²) < 4.78 is 19.5. The zero-order valence-electron chi connectivity index (χ0n) is 11.5. The molecular formula is C17H16BrFO. The Morgan fingerprint density at radius 3 is 2.55 bits per heavy atom. The summed E-state index contributed by atoms with van der Waals surface area (Å²) in [7, 11) is 0. The molecule has 1 nitrogen and oxygen atoms in total. The molecule has 3 rings (SSSR count). The number of aryl methyl sites for hydroxylation is 2. The minimum absolute atomic E-state index is 0.114. The van der Waals surface area contributed by atoms with Crippen molar-refractivity contribution >= 4 is 15.9 Å². The predicted molar refractivity (Wildman–Crippen MR) is 82.2 cm³/mol. The van der Waals surface area contributed by atoms with Crippen LogP contribution in [-0.4, -0.2) is 6.61 Å². The fourth-order valence-corrected chi connectivity index (χ4v) is 3.50. The van der Waals surface area contributed by atoms with Crippen LogP contribution in [0.4, 0.5) is 4.39 Å². The number of ether oxygens (including phenoxy) is 1. The van der Waals surface area contributed by atoms with Crippen molar-refractivity contribution in [2.75, 3.05) is 6.61 Å². The summed E-state index contributed by atoms with van der Waals surface area (Å²) in [5, 5.41) is 0. The van der Waals surface area contributed by atoms with Gasteiger partial charge in [0.25, 0.3) is 0 Å². The molecule has 0 spiro atoms. The van der Waals surface area contributed by atoms with Gasteiger partial charge in [-0.05, 0) is 36.6 Å². The number of benzene rings is 2. The Bertz CT molecular complexity index is 630. The largest absolute Gasteiger partial charge is 0.493 e. The van der Waals surface area contributed by atoms with E-state index in [2.05, 4.69) is 22.0 Å². The second-order valence-electron chi connectivity index (χ2n) is 5.33. The molecule has 1 heterocycles. The molecule has 0 aliphatic carbocycles. The normalized spacial score (nSPS) is 18.5. The summed E-state index contributed by atoms with van der Waals surface area (Å²) in [4.78, 5) is 0.129. The van der Waals surface area contributed by atoms with E-state index in [-0.39, 0.29) is 16.6 Å². The predicted octanol–water partition coefficient (Wildman–Crippen LogP) is 5.05. The van der Waals surface area contributed by atoms with Crippen LogP contribution in [0, 0.1) is 19.7 Å². The third kappa shape index (κ3) is 2.24. The molecule has 0 radical (unpaired) electrons. The van der Waals surface area contributed by atoms with Gasteiger partial charge >= 0.3 is 0 Å². The lowest BCUT2D eigenvalue weighted by Crippen LogP contribution is -2.08. The average Bonchev–Trinajstić information content (AvgIpc) is 2.87. The standard InChI is InChI=1S/C17H16BrFO/c1-10-7-12(8-11(2)17(10)19)16(18)14-9-20-15-6-4-3-5-13(14)15/h3-8,14,16H,9H2,1-2H3. The van der Waals surface area contributed by atoms with Gasteiger partial charge in [0.2, 0.25) is 0 Å². The van der Waals surface area contributed by atoms with Gasteiger partial charge in [-0.25, -0.2) is 4.39 Å². The Labute approximate surface area is 126 Å². The van der Waals surface area contributed by atoms with Crippen molar-refractivity contribution in [1.82, 2.24) is 0 Å². The smallest absolute Gasteiger partial charge is 0.129 e. The molecule has 0 fully saturated rings. The van der Waals surface area contributed by atoms with E-state index in [1.807, 2.05) is 44.2 Å². The van der Waals surface area contributed by atoms with Crippen molar-refractivity contribution < 1.29 is 9.13 Å². The van der Waals surface area contributed by atoms with Crippen LogP contribution in [0.2, 0.25) is 0 Å². The molecule has 2 aromatic rings. The van der Waals surface area contributed by atoms with Crippen LogP contribution in [0.25, 0.3) is 0 Å². The number of halogens is 2. The first kappa shape index (κ1) is 13.6. The highest BCUT2D eigenvalue weighted by molar-refractivity contribution is 9.09. The van der Waals surface area contributed by atoms with E-state index in [1.165, 1.54) is 5.56 Å². The van der Waals surface area contributed by atoms with Crippen LogP contribution in [0.1, 0.15) is 33.0 Å². The van der Waals surface area contributed by atoms with Gasteiger partial charge in [-0.3, -0.25) is 0 Å². The van der Waals surface area contributed by atoms with Crippen molar-refractivity contribution in [1.29, 1.82) is 0 Å². The first-order chi connectivity index (χ1) is 9.58. The first-order valence-electron chi connectivity index (χ1n) is 6.70.